The summed E-state index contributed by atoms with van der Waals surface area (Å²) in [6.45, 7) is 2.21. The van der Waals surface area contributed by atoms with Gasteiger partial charge in [0, 0.05) is 0 Å². The molecule has 0 aromatic heterocycles. The minimum atomic E-state index is -0.0392. The van der Waals surface area contributed by atoms with Crippen LogP contribution in [0.1, 0.15) is 18.1 Å². The van der Waals surface area contributed by atoms with E-state index in [1.807, 2.05) is 12.1 Å². The van der Waals surface area contributed by atoms with Gasteiger partial charge in [-0.2, -0.15) is 0 Å². The molecule has 0 N–H and O–H groups in total. The van der Waals surface area contributed by atoms with Crippen molar-refractivity contribution in [3.05, 3.63) is 71.8 Å². The quantitative estimate of drug-likeness (QED) is 0.744. The molecule has 0 aliphatic heterocycles. The van der Waals surface area contributed by atoms with Crippen LogP contribution in [0.2, 0.25) is 0 Å². The molecule has 0 radical (unpaired) electrons. The normalized spacial score (nSPS) is 11.3. The zero-order chi connectivity index (χ0) is 10.7. The van der Waals surface area contributed by atoms with Gasteiger partial charge in [-0.3, -0.25) is 0 Å². The fourth-order valence-corrected chi connectivity index (χ4v) is 2.10. The first-order valence-corrected chi connectivity index (χ1v) is 5.66. The molecular formula is C14H13Cr. The van der Waals surface area contributed by atoms with Gasteiger partial charge >= 0.3 is 99.3 Å². The number of benzene rings is 2. The van der Waals surface area contributed by atoms with Crippen LogP contribution in [0, 0.1) is 0 Å². The molecule has 2 aromatic carbocycles. The SMILES string of the molecule is C[C]([Cr])(c1ccccc1)c1ccccc1. The van der Waals surface area contributed by atoms with Crippen molar-refractivity contribution in [3.63, 3.8) is 0 Å². The predicted molar refractivity (Wildman–Crippen MR) is 59.3 cm³/mol. The second-order valence-electron chi connectivity index (χ2n) is 3.77. The van der Waals surface area contributed by atoms with Crippen molar-refractivity contribution in [1.82, 2.24) is 0 Å². The molecule has 0 bridgehead atoms. The molecule has 0 saturated heterocycles. The molecule has 0 aliphatic rings. The van der Waals surface area contributed by atoms with Crippen LogP contribution in [0.4, 0.5) is 0 Å². The van der Waals surface area contributed by atoms with Gasteiger partial charge in [0.15, 0.2) is 0 Å². The van der Waals surface area contributed by atoms with E-state index < -0.39 is 0 Å². The molecule has 15 heavy (non-hydrogen) atoms. The molecule has 0 spiro atoms. The Labute approximate surface area is 99.4 Å². The molecule has 0 fully saturated rings. The summed E-state index contributed by atoms with van der Waals surface area (Å²) in [7, 11) is 0. The minimum absolute atomic E-state index is 0.0392. The molecule has 0 nitrogen and oxygen atoms in total. The molecule has 0 amide bonds. The van der Waals surface area contributed by atoms with Crippen LogP contribution in [-0.2, 0) is 20.6 Å². The average Bonchev–Trinajstić information content (AvgIpc) is 2.31. The second-order valence-corrected chi connectivity index (χ2v) is 5.04. The van der Waals surface area contributed by atoms with Crippen LogP contribution in [0.15, 0.2) is 60.7 Å². The Morgan fingerprint density at radius 2 is 1.07 bits per heavy atom. The van der Waals surface area contributed by atoms with Crippen molar-refractivity contribution < 1.29 is 16.3 Å². The Morgan fingerprint density at radius 1 is 0.733 bits per heavy atom. The van der Waals surface area contributed by atoms with Crippen LogP contribution < -0.4 is 0 Å². The van der Waals surface area contributed by atoms with E-state index in [0.29, 0.717) is 0 Å². The molecular weight excluding hydrogens is 220 g/mol. The summed E-state index contributed by atoms with van der Waals surface area (Å²) in [5.74, 6) is 0. The molecule has 75 valence electrons. The summed E-state index contributed by atoms with van der Waals surface area (Å²) in [5.41, 5.74) is 2.60. The van der Waals surface area contributed by atoms with Gasteiger partial charge in [-0.05, 0) is 0 Å². The summed E-state index contributed by atoms with van der Waals surface area (Å²) in [4.78, 5) is 0. The standard InChI is InChI=1S/C14H13.Cr/c1-12(13-8-4-2-5-9-13)14-10-6-3-7-11-14;/h2-11H,1H3;. The molecule has 0 atom stereocenters. The number of hydrogen-bond donors (Lipinski definition) is 0. The van der Waals surface area contributed by atoms with Gasteiger partial charge in [0.2, 0.25) is 0 Å². The van der Waals surface area contributed by atoms with Crippen LogP contribution in [0.25, 0.3) is 0 Å². The summed E-state index contributed by atoms with van der Waals surface area (Å²) in [6, 6.07) is 21.0. The van der Waals surface area contributed by atoms with E-state index in [4.69, 9.17) is 0 Å². The third-order valence-corrected chi connectivity index (χ3v) is 3.39. The van der Waals surface area contributed by atoms with Crippen LogP contribution in [-0.4, -0.2) is 0 Å². The maximum absolute atomic E-state index is 3.29. The van der Waals surface area contributed by atoms with Gasteiger partial charge in [-0.1, -0.05) is 0 Å². The van der Waals surface area contributed by atoms with E-state index in [1.54, 1.807) is 0 Å². The van der Waals surface area contributed by atoms with Gasteiger partial charge in [0.25, 0.3) is 0 Å². The Balaban J connectivity index is 2.44. The van der Waals surface area contributed by atoms with Crippen molar-refractivity contribution >= 4 is 0 Å². The topological polar surface area (TPSA) is 0 Å². The van der Waals surface area contributed by atoms with E-state index in [2.05, 4.69) is 71.7 Å². The van der Waals surface area contributed by atoms with Crippen molar-refractivity contribution in [3.8, 4) is 0 Å². The summed E-state index contributed by atoms with van der Waals surface area (Å²) in [6.07, 6.45) is 0. The summed E-state index contributed by atoms with van der Waals surface area (Å²) >= 11 is 3.29. The van der Waals surface area contributed by atoms with Gasteiger partial charge in [0.1, 0.15) is 0 Å². The Bertz CT molecular complexity index is 376. The third kappa shape index (κ3) is 2.15. The van der Waals surface area contributed by atoms with Gasteiger partial charge < -0.3 is 0 Å². The predicted octanol–water partition coefficient (Wildman–Crippen LogP) is 3.50. The molecule has 0 saturated carbocycles. The Kier molecular flexibility index (Phi) is 2.96. The summed E-state index contributed by atoms with van der Waals surface area (Å²) in [5, 5.41) is 0. The van der Waals surface area contributed by atoms with Crippen molar-refractivity contribution in [2.75, 3.05) is 0 Å². The molecule has 1 heteroatoms. The van der Waals surface area contributed by atoms with Gasteiger partial charge in [-0.25, -0.2) is 0 Å². The first-order chi connectivity index (χ1) is 7.21. The van der Waals surface area contributed by atoms with Gasteiger partial charge in [-0.15, -0.1) is 0 Å². The van der Waals surface area contributed by atoms with Gasteiger partial charge in [0.05, 0.1) is 0 Å². The van der Waals surface area contributed by atoms with Crippen LogP contribution in [0.3, 0.4) is 0 Å². The van der Waals surface area contributed by atoms with E-state index in [9.17, 15) is 0 Å². The molecule has 0 heterocycles. The van der Waals surface area contributed by atoms with Crippen molar-refractivity contribution in [2.24, 2.45) is 0 Å². The second kappa shape index (κ2) is 4.23. The molecule has 0 unspecified atom stereocenters. The third-order valence-electron chi connectivity index (χ3n) is 2.65. The van der Waals surface area contributed by atoms with E-state index in [0.717, 1.165) is 0 Å². The molecule has 2 rings (SSSR count). The van der Waals surface area contributed by atoms with Crippen molar-refractivity contribution in [2.45, 2.75) is 11.2 Å². The monoisotopic (exact) mass is 233 g/mol. The zero-order valence-electron chi connectivity index (χ0n) is 8.68. The van der Waals surface area contributed by atoms with E-state index in [1.165, 1.54) is 11.1 Å². The molecule has 0 aliphatic carbocycles. The first-order valence-electron chi connectivity index (χ1n) is 5.03. The fraction of sp³-hybridized carbons (Fsp3) is 0.143. The Morgan fingerprint density at radius 3 is 1.40 bits per heavy atom. The van der Waals surface area contributed by atoms with Crippen LogP contribution >= 0.6 is 0 Å². The average molecular weight is 233 g/mol. The number of hydrogen-bond acceptors (Lipinski definition) is 0. The number of rotatable bonds is 2. The maximum atomic E-state index is 3.29. The zero-order valence-corrected chi connectivity index (χ0v) is 9.96. The summed E-state index contributed by atoms with van der Waals surface area (Å²) < 4.78 is -0.0392. The first kappa shape index (κ1) is 10.5. The fourth-order valence-electron chi connectivity index (χ4n) is 1.68. The molecule has 2 aromatic rings. The van der Waals surface area contributed by atoms with E-state index >= 15 is 0 Å². The van der Waals surface area contributed by atoms with Crippen LogP contribution in [0.5, 0.6) is 0 Å². The Hall–Kier alpha value is -1.03. The van der Waals surface area contributed by atoms with E-state index in [-0.39, 0.29) is 4.28 Å². The van der Waals surface area contributed by atoms with Crippen molar-refractivity contribution in [1.29, 1.82) is 0 Å².